The van der Waals surface area contributed by atoms with Gasteiger partial charge in [0, 0.05) is 24.4 Å². The third-order valence-corrected chi connectivity index (χ3v) is 4.04. The molecule has 0 atom stereocenters. The van der Waals surface area contributed by atoms with Crippen LogP contribution in [-0.4, -0.2) is 22.0 Å². The van der Waals surface area contributed by atoms with Crippen LogP contribution in [-0.2, 0) is 13.0 Å². The normalized spacial score (nSPS) is 10.8. The van der Waals surface area contributed by atoms with Crippen molar-refractivity contribution in [1.82, 2.24) is 15.0 Å². The van der Waals surface area contributed by atoms with Crippen LogP contribution in [0.2, 0.25) is 5.15 Å². The van der Waals surface area contributed by atoms with Gasteiger partial charge in [0.2, 0.25) is 0 Å². The van der Waals surface area contributed by atoms with Crippen molar-refractivity contribution in [2.75, 3.05) is 11.9 Å². The third-order valence-electron chi connectivity index (χ3n) is 2.85. The lowest BCUT2D eigenvalue weighted by Gasteiger charge is -2.20. The molecule has 19 heavy (non-hydrogen) atoms. The van der Waals surface area contributed by atoms with Gasteiger partial charge in [-0.3, -0.25) is 0 Å². The molecule has 0 amide bonds. The molecule has 0 spiro atoms. The van der Waals surface area contributed by atoms with Gasteiger partial charge in [0.25, 0.3) is 0 Å². The molecule has 2 aromatic rings. The second-order valence-corrected chi connectivity index (χ2v) is 5.87. The lowest BCUT2D eigenvalue weighted by Crippen LogP contribution is -2.20. The van der Waals surface area contributed by atoms with E-state index in [0.29, 0.717) is 5.15 Å². The van der Waals surface area contributed by atoms with Gasteiger partial charge in [-0.15, -0.1) is 11.3 Å². The highest BCUT2D eigenvalue weighted by Gasteiger charge is 2.13. The van der Waals surface area contributed by atoms with E-state index >= 15 is 0 Å². The summed E-state index contributed by atoms with van der Waals surface area (Å²) in [6.45, 7) is 6.70. The standard InChI is InChI=1S/C13H17ClN4S/c1-5-11-16-12(14)8(2)13(17-11)18(4)6-10-7-19-9(3)15-10/h7H,5-6H2,1-4H3. The van der Waals surface area contributed by atoms with Crippen molar-refractivity contribution in [1.29, 1.82) is 0 Å². The van der Waals surface area contributed by atoms with E-state index in [9.17, 15) is 0 Å². The van der Waals surface area contributed by atoms with Crippen molar-refractivity contribution in [2.24, 2.45) is 0 Å². The summed E-state index contributed by atoms with van der Waals surface area (Å²) < 4.78 is 0. The minimum absolute atomic E-state index is 0.531. The minimum atomic E-state index is 0.531. The van der Waals surface area contributed by atoms with E-state index in [1.807, 2.05) is 27.8 Å². The smallest absolute Gasteiger partial charge is 0.137 e. The summed E-state index contributed by atoms with van der Waals surface area (Å²) in [6, 6.07) is 0. The molecule has 102 valence electrons. The fourth-order valence-electron chi connectivity index (χ4n) is 1.85. The lowest BCUT2D eigenvalue weighted by atomic mass is 10.3. The summed E-state index contributed by atoms with van der Waals surface area (Å²) in [7, 11) is 2.00. The summed E-state index contributed by atoms with van der Waals surface area (Å²) >= 11 is 7.82. The maximum atomic E-state index is 6.16. The van der Waals surface area contributed by atoms with E-state index in [2.05, 4.69) is 25.2 Å². The van der Waals surface area contributed by atoms with Crippen molar-refractivity contribution in [3.8, 4) is 0 Å². The predicted octanol–water partition coefficient (Wildman–Crippen LogP) is 3.40. The molecular weight excluding hydrogens is 280 g/mol. The fraction of sp³-hybridized carbons (Fsp3) is 0.462. The Morgan fingerprint density at radius 3 is 2.58 bits per heavy atom. The molecule has 0 aliphatic heterocycles. The maximum absolute atomic E-state index is 6.16. The van der Waals surface area contributed by atoms with Gasteiger partial charge in [0.1, 0.15) is 16.8 Å². The van der Waals surface area contributed by atoms with E-state index in [1.165, 1.54) is 0 Å². The van der Waals surface area contributed by atoms with Crippen LogP contribution in [0.5, 0.6) is 0 Å². The SMILES string of the molecule is CCc1nc(Cl)c(C)c(N(C)Cc2csc(C)n2)n1. The predicted molar refractivity (Wildman–Crippen MR) is 80.1 cm³/mol. The minimum Gasteiger partial charge on any atom is -0.353 e. The van der Waals surface area contributed by atoms with E-state index in [0.717, 1.165) is 40.9 Å². The summed E-state index contributed by atoms with van der Waals surface area (Å²) in [5.41, 5.74) is 1.96. The monoisotopic (exact) mass is 296 g/mol. The van der Waals surface area contributed by atoms with E-state index < -0.39 is 0 Å². The molecule has 0 aliphatic rings. The number of aryl methyl sites for hydroxylation is 2. The maximum Gasteiger partial charge on any atom is 0.137 e. The van der Waals surface area contributed by atoms with Crippen LogP contribution < -0.4 is 4.90 Å². The number of rotatable bonds is 4. The molecule has 0 aliphatic carbocycles. The number of nitrogens with zero attached hydrogens (tertiary/aromatic N) is 4. The van der Waals surface area contributed by atoms with E-state index in [4.69, 9.17) is 11.6 Å². The zero-order valence-electron chi connectivity index (χ0n) is 11.6. The van der Waals surface area contributed by atoms with Crippen LogP contribution >= 0.6 is 22.9 Å². The van der Waals surface area contributed by atoms with Gasteiger partial charge < -0.3 is 4.90 Å². The number of aromatic nitrogens is 3. The molecular formula is C13H17ClN4S. The zero-order chi connectivity index (χ0) is 14.0. The van der Waals surface area contributed by atoms with Crippen molar-refractivity contribution >= 4 is 28.8 Å². The molecule has 0 unspecified atom stereocenters. The summed E-state index contributed by atoms with van der Waals surface area (Å²) in [5, 5.41) is 3.68. The summed E-state index contributed by atoms with van der Waals surface area (Å²) in [4.78, 5) is 15.4. The van der Waals surface area contributed by atoms with Crippen LogP contribution in [0.15, 0.2) is 5.38 Å². The molecule has 2 aromatic heterocycles. The summed E-state index contributed by atoms with van der Waals surface area (Å²) in [5.74, 6) is 1.65. The molecule has 6 heteroatoms. The van der Waals surface area contributed by atoms with Crippen molar-refractivity contribution in [3.05, 3.63) is 32.6 Å². The Kier molecular flexibility index (Phi) is 4.37. The van der Waals surface area contributed by atoms with Gasteiger partial charge in [-0.25, -0.2) is 15.0 Å². The van der Waals surface area contributed by atoms with Crippen molar-refractivity contribution < 1.29 is 0 Å². The van der Waals surface area contributed by atoms with Gasteiger partial charge in [-0.1, -0.05) is 18.5 Å². The van der Waals surface area contributed by atoms with Crippen LogP contribution in [0.1, 0.15) is 29.0 Å². The van der Waals surface area contributed by atoms with Crippen molar-refractivity contribution in [2.45, 2.75) is 33.7 Å². The molecule has 2 heterocycles. The van der Waals surface area contributed by atoms with Crippen LogP contribution in [0.25, 0.3) is 0 Å². The second-order valence-electron chi connectivity index (χ2n) is 4.45. The summed E-state index contributed by atoms with van der Waals surface area (Å²) in [6.07, 6.45) is 0.774. The highest BCUT2D eigenvalue weighted by Crippen LogP contribution is 2.24. The molecule has 0 bridgehead atoms. The Morgan fingerprint density at radius 2 is 2.00 bits per heavy atom. The lowest BCUT2D eigenvalue weighted by molar-refractivity contribution is 0.834. The number of hydrogen-bond donors (Lipinski definition) is 0. The van der Waals surface area contributed by atoms with E-state index in [1.54, 1.807) is 11.3 Å². The van der Waals surface area contributed by atoms with Crippen LogP contribution in [0, 0.1) is 13.8 Å². The largest absolute Gasteiger partial charge is 0.353 e. The first-order valence-electron chi connectivity index (χ1n) is 6.16. The Labute approximate surface area is 122 Å². The first-order valence-corrected chi connectivity index (χ1v) is 7.42. The van der Waals surface area contributed by atoms with Gasteiger partial charge in [0.05, 0.1) is 17.2 Å². The van der Waals surface area contributed by atoms with Crippen molar-refractivity contribution in [3.63, 3.8) is 0 Å². The van der Waals surface area contributed by atoms with Gasteiger partial charge in [0.15, 0.2) is 0 Å². The average Bonchev–Trinajstić information content (AvgIpc) is 2.77. The van der Waals surface area contributed by atoms with Gasteiger partial charge in [-0.2, -0.15) is 0 Å². The van der Waals surface area contributed by atoms with Crippen LogP contribution in [0.4, 0.5) is 5.82 Å². The molecule has 0 N–H and O–H groups in total. The Morgan fingerprint density at radius 1 is 1.26 bits per heavy atom. The average molecular weight is 297 g/mol. The number of thiazole rings is 1. The molecule has 4 nitrogen and oxygen atoms in total. The number of anilines is 1. The first-order chi connectivity index (χ1) is 9.01. The van der Waals surface area contributed by atoms with E-state index in [-0.39, 0.29) is 0 Å². The molecule has 0 fully saturated rings. The molecule has 2 rings (SSSR count). The quantitative estimate of drug-likeness (QED) is 0.811. The molecule has 0 saturated carbocycles. The molecule has 0 aromatic carbocycles. The highest BCUT2D eigenvalue weighted by atomic mass is 35.5. The highest BCUT2D eigenvalue weighted by molar-refractivity contribution is 7.09. The second kappa shape index (κ2) is 5.84. The Bertz CT molecular complexity index is 582. The topological polar surface area (TPSA) is 41.9 Å². The van der Waals surface area contributed by atoms with Gasteiger partial charge >= 0.3 is 0 Å². The first kappa shape index (κ1) is 14.2. The third kappa shape index (κ3) is 3.22. The number of halogens is 1. The van der Waals surface area contributed by atoms with Gasteiger partial charge in [-0.05, 0) is 13.8 Å². The number of hydrogen-bond acceptors (Lipinski definition) is 5. The Balaban J connectivity index is 2.27. The molecule has 0 saturated heterocycles. The fourth-order valence-corrected chi connectivity index (χ4v) is 2.63. The molecule has 0 radical (unpaired) electrons. The zero-order valence-corrected chi connectivity index (χ0v) is 13.1. The Hall–Kier alpha value is -1.20. The van der Waals surface area contributed by atoms with Crippen LogP contribution in [0.3, 0.4) is 0 Å².